The molecule has 346 valence electrons. The Labute approximate surface area is 370 Å². The number of hydrazone groups is 2. The molecule has 0 atom stereocenters. The molecule has 12 N–H and O–H groups in total. The molecule has 0 radical (unpaired) electrons. The SMILES string of the molecule is O=S(=O)(O)c1cc(S(=O)(=O)O)c2cc(NC3=NN(Cl)NC(NCCNC4=CC(Nc5cc6c(S(=O)(=O)O)cc(S(=O)(=O)O)cc6cc5S(=O)(=O)O)=NN(Cl)N4)=C3)c(S(=O)(=O)O)cc2c1. The van der Waals surface area contributed by atoms with Gasteiger partial charge in [-0.1, -0.05) is 0 Å². The summed E-state index contributed by atoms with van der Waals surface area (Å²) >= 11 is 12.1. The number of nitrogens with zero attached hydrogens (tertiary/aromatic N) is 4. The quantitative estimate of drug-likeness (QED) is 0.0491. The number of fused-ring (bicyclic) bond motifs is 2. The van der Waals surface area contributed by atoms with Crippen molar-refractivity contribution in [1.29, 1.82) is 0 Å². The molecule has 0 bridgehead atoms. The highest BCUT2D eigenvalue weighted by atomic mass is 35.5. The molecule has 28 nitrogen and oxygen atoms in total. The minimum atomic E-state index is -5.22. The molecular formula is C28H26Cl2N10O18S6. The van der Waals surface area contributed by atoms with E-state index >= 15 is 0 Å². The normalized spacial score (nSPS) is 15.4. The maximum Gasteiger partial charge on any atom is 0.296 e. The highest BCUT2D eigenvalue weighted by Gasteiger charge is 2.28. The van der Waals surface area contributed by atoms with E-state index in [2.05, 4.69) is 42.3 Å². The fourth-order valence-corrected chi connectivity index (χ4v) is 10.2. The Morgan fingerprint density at radius 2 is 0.797 bits per heavy atom. The van der Waals surface area contributed by atoms with Crippen LogP contribution in [0.25, 0.3) is 21.5 Å². The summed E-state index contributed by atoms with van der Waals surface area (Å²) in [5, 5.41) is 16.7. The first kappa shape index (κ1) is 48.1. The molecule has 0 amide bonds. The van der Waals surface area contributed by atoms with Crippen LogP contribution in [0.3, 0.4) is 0 Å². The van der Waals surface area contributed by atoms with Crippen LogP contribution >= 0.6 is 23.6 Å². The van der Waals surface area contributed by atoms with Gasteiger partial charge in [0.05, 0.1) is 44.7 Å². The van der Waals surface area contributed by atoms with Crippen LogP contribution in [-0.4, -0.2) is 112 Å². The average Bonchev–Trinajstić information content (AvgIpc) is 3.12. The van der Waals surface area contributed by atoms with Gasteiger partial charge < -0.3 is 21.3 Å². The van der Waals surface area contributed by atoms with Crippen molar-refractivity contribution in [3.05, 3.63) is 72.3 Å². The number of nitrogens with one attached hydrogen (secondary N) is 6. The molecule has 0 spiro atoms. The predicted molar refractivity (Wildman–Crippen MR) is 223 cm³/mol. The molecule has 0 aliphatic carbocycles. The van der Waals surface area contributed by atoms with Crippen LogP contribution < -0.4 is 32.1 Å². The second-order valence-electron chi connectivity index (χ2n) is 12.8. The Bertz CT molecular complexity index is 3270. The van der Waals surface area contributed by atoms with E-state index in [0.717, 1.165) is 12.1 Å². The fourth-order valence-electron chi connectivity index (χ4n) is 5.81. The van der Waals surface area contributed by atoms with Crippen LogP contribution in [0.2, 0.25) is 0 Å². The van der Waals surface area contributed by atoms with Crippen molar-refractivity contribution >= 4 is 129 Å². The van der Waals surface area contributed by atoms with E-state index in [9.17, 15) is 77.8 Å². The largest absolute Gasteiger partial charge is 0.369 e. The van der Waals surface area contributed by atoms with Gasteiger partial charge in [0.1, 0.15) is 31.2 Å². The number of hydrazine groups is 2. The number of anilines is 2. The number of rotatable bonds is 13. The molecule has 64 heavy (non-hydrogen) atoms. The average molecular weight is 1050 g/mol. The van der Waals surface area contributed by atoms with E-state index < -0.39 is 123 Å². The zero-order valence-corrected chi connectivity index (χ0v) is 37.2. The summed E-state index contributed by atoms with van der Waals surface area (Å²) < 4.78 is 205. The van der Waals surface area contributed by atoms with Crippen molar-refractivity contribution in [2.24, 2.45) is 10.2 Å². The number of halogens is 2. The lowest BCUT2D eigenvalue weighted by Gasteiger charge is -2.25. The Morgan fingerprint density at radius 3 is 1.09 bits per heavy atom. The minimum Gasteiger partial charge on any atom is -0.369 e. The highest BCUT2D eigenvalue weighted by Crippen LogP contribution is 2.36. The minimum absolute atomic E-state index is 0.000345. The molecule has 0 saturated heterocycles. The van der Waals surface area contributed by atoms with E-state index in [1.807, 2.05) is 0 Å². The van der Waals surface area contributed by atoms with Crippen molar-refractivity contribution in [1.82, 2.24) is 30.8 Å². The summed E-state index contributed by atoms with van der Waals surface area (Å²) in [5.74, 6) is -0.401. The van der Waals surface area contributed by atoms with E-state index in [-0.39, 0.29) is 36.4 Å². The summed E-state index contributed by atoms with van der Waals surface area (Å²) in [4.78, 5) is -6.04. The molecule has 4 aromatic rings. The van der Waals surface area contributed by atoms with E-state index in [4.69, 9.17) is 23.6 Å². The Hall–Kier alpha value is -5.34. The van der Waals surface area contributed by atoms with Crippen LogP contribution in [-0.2, 0) is 60.7 Å². The van der Waals surface area contributed by atoms with Gasteiger partial charge in [0, 0.05) is 36.0 Å². The zero-order chi connectivity index (χ0) is 47.5. The lowest BCUT2D eigenvalue weighted by atomic mass is 10.1. The van der Waals surface area contributed by atoms with Gasteiger partial charge in [0.15, 0.2) is 11.7 Å². The number of hydrogen-bond acceptors (Lipinski definition) is 22. The maximum atomic E-state index is 12.4. The summed E-state index contributed by atoms with van der Waals surface area (Å²) in [7, 11) is -30.9. The first-order chi connectivity index (χ1) is 29.3. The van der Waals surface area contributed by atoms with Gasteiger partial charge in [-0.3, -0.25) is 38.2 Å². The molecule has 2 aliphatic rings. The van der Waals surface area contributed by atoms with Gasteiger partial charge in [-0.25, -0.2) is 0 Å². The Kier molecular flexibility index (Phi) is 12.7. The van der Waals surface area contributed by atoms with Crippen molar-refractivity contribution in [2.75, 3.05) is 23.7 Å². The molecule has 36 heteroatoms. The molecule has 2 heterocycles. The monoisotopic (exact) mass is 1050 g/mol. The third-order valence-electron chi connectivity index (χ3n) is 8.34. The van der Waals surface area contributed by atoms with Crippen molar-refractivity contribution < 1.29 is 77.8 Å². The summed E-state index contributed by atoms with van der Waals surface area (Å²) in [5.41, 5.74) is 4.04. The van der Waals surface area contributed by atoms with Crippen molar-refractivity contribution in [3.8, 4) is 0 Å². The first-order valence-electron chi connectivity index (χ1n) is 16.4. The van der Waals surface area contributed by atoms with E-state index in [1.165, 1.54) is 12.2 Å². The van der Waals surface area contributed by atoms with Crippen molar-refractivity contribution in [2.45, 2.75) is 29.4 Å². The van der Waals surface area contributed by atoms with Crippen LogP contribution in [0.5, 0.6) is 0 Å². The van der Waals surface area contributed by atoms with Crippen LogP contribution in [0.1, 0.15) is 0 Å². The fraction of sp³-hybridized carbons (Fsp3) is 0.0714. The lowest BCUT2D eigenvalue weighted by Crippen LogP contribution is -2.42. The standard InChI is InChI=1S/C28H26Cl2N10O18S6/c29-39-35-25(11-27(37-39)33-19-9-17-13(5-23(19)63(53,54)55)3-15(59(41,42)43)7-21(17)61(47,48)49)31-1-2-32-26-12-28(38-40(30)36-26)34-20-10-18-14(6-24(20)64(56,57)58)4-16(60(44,45)46)8-22(18)62(50,51)52/h3-12,31-32,35-36H,1-2H2,(H,33,37)(H,34,38)(H,41,42,43)(H,44,45,46)(H,47,48,49)(H,50,51,52)(H,53,54,55)(H,56,57,58). The van der Waals surface area contributed by atoms with Gasteiger partial charge in [0.25, 0.3) is 60.7 Å². The molecule has 6 rings (SSSR count). The molecule has 4 aromatic carbocycles. The molecule has 0 saturated carbocycles. The highest BCUT2D eigenvalue weighted by molar-refractivity contribution is 7.87. The summed E-state index contributed by atoms with van der Waals surface area (Å²) in [6.45, 7) is -0.000691. The van der Waals surface area contributed by atoms with Crippen LogP contribution in [0.15, 0.2) is 112 Å². The van der Waals surface area contributed by atoms with E-state index in [1.54, 1.807) is 0 Å². The molecule has 0 unspecified atom stereocenters. The molecule has 2 aliphatic heterocycles. The third-order valence-corrected chi connectivity index (χ3v) is 13.9. The maximum absolute atomic E-state index is 12.4. The Balaban J connectivity index is 1.21. The Morgan fingerprint density at radius 1 is 0.469 bits per heavy atom. The topological polar surface area (TPSA) is 430 Å². The summed E-state index contributed by atoms with van der Waals surface area (Å²) in [6, 6.07) is 5.17. The number of amidine groups is 2. The number of benzene rings is 4. The van der Waals surface area contributed by atoms with Gasteiger partial charge in [-0.2, -0.15) is 50.5 Å². The second-order valence-corrected chi connectivity index (χ2v) is 21.8. The van der Waals surface area contributed by atoms with Gasteiger partial charge >= 0.3 is 0 Å². The second kappa shape index (κ2) is 16.9. The molecule has 0 fully saturated rings. The van der Waals surface area contributed by atoms with Gasteiger partial charge in [0.2, 0.25) is 0 Å². The first-order valence-corrected chi connectivity index (χ1v) is 25.7. The summed E-state index contributed by atoms with van der Waals surface area (Å²) in [6.07, 6.45) is 2.42. The molecule has 0 aromatic heterocycles. The third kappa shape index (κ3) is 11.1. The smallest absolute Gasteiger partial charge is 0.296 e. The number of hydrogen-bond donors (Lipinski definition) is 12. The van der Waals surface area contributed by atoms with E-state index in [0.29, 0.717) is 45.7 Å². The zero-order valence-electron chi connectivity index (χ0n) is 30.8. The van der Waals surface area contributed by atoms with Crippen molar-refractivity contribution in [3.63, 3.8) is 0 Å². The van der Waals surface area contributed by atoms with Gasteiger partial charge in [-0.05, 0) is 59.3 Å². The van der Waals surface area contributed by atoms with Gasteiger partial charge in [-0.15, -0.1) is 19.5 Å². The predicted octanol–water partition coefficient (Wildman–Crippen LogP) is 0.434. The lowest BCUT2D eigenvalue weighted by molar-refractivity contribution is 0.367. The van der Waals surface area contributed by atoms with Crippen LogP contribution in [0, 0.1) is 0 Å². The molecular weight excluding hydrogens is 1030 g/mol. The van der Waals surface area contributed by atoms with Crippen LogP contribution in [0.4, 0.5) is 11.4 Å².